The number of nitrogen functional groups attached to an aromatic ring is 1. The number of anilines is 1. The van der Waals surface area contributed by atoms with Crippen LogP contribution in [0.15, 0.2) is 12.5 Å². The zero-order chi connectivity index (χ0) is 19.0. The van der Waals surface area contributed by atoms with Crippen LogP contribution in [0.3, 0.4) is 0 Å². The molecule has 0 amide bonds. The van der Waals surface area contributed by atoms with Gasteiger partial charge in [0, 0.05) is 22.0 Å². The van der Waals surface area contributed by atoms with E-state index in [0.29, 0.717) is 16.9 Å². The fourth-order valence-corrected chi connectivity index (χ4v) is 3.91. The lowest BCUT2D eigenvalue weighted by atomic mass is 10.1. The maximum Gasteiger partial charge on any atom is 0.352 e. The van der Waals surface area contributed by atoms with E-state index in [9.17, 15) is 5.11 Å². The highest BCUT2D eigenvalue weighted by molar-refractivity contribution is 14.1. The molecule has 3 N–H and O–H groups in total. The molecule has 1 aliphatic heterocycles. The number of nitrogens with zero attached hydrogens (tertiary/aromatic N) is 3. The normalized spacial score (nSPS) is 25.8. The molecule has 2 aromatic rings. The summed E-state index contributed by atoms with van der Waals surface area (Å²) in [6.45, 7) is 3.12. The zero-order valence-electron chi connectivity index (χ0n) is 14.0. The summed E-state index contributed by atoms with van der Waals surface area (Å²) in [6.07, 6.45) is -1.91. The van der Waals surface area contributed by atoms with Crippen molar-refractivity contribution in [2.75, 3.05) is 12.3 Å². The SMILES string of the molecule is CC(C)OC(=S)O[C@H]1[C@H](F)[C@H](n2cc(I)c3c(N)ncnc32)O[C@@H]1CO. The van der Waals surface area contributed by atoms with Crippen molar-refractivity contribution in [2.45, 2.75) is 44.6 Å². The van der Waals surface area contributed by atoms with Gasteiger partial charge in [-0.3, -0.25) is 0 Å². The predicted octanol–water partition coefficient (Wildman–Crippen LogP) is 1.94. The van der Waals surface area contributed by atoms with Crippen LogP contribution in [0.1, 0.15) is 20.1 Å². The van der Waals surface area contributed by atoms with Gasteiger partial charge in [0.1, 0.15) is 23.9 Å². The van der Waals surface area contributed by atoms with Gasteiger partial charge in [0.2, 0.25) is 0 Å². The van der Waals surface area contributed by atoms with Crippen LogP contribution in [0.2, 0.25) is 0 Å². The summed E-state index contributed by atoms with van der Waals surface area (Å²) < 4.78 is 33.8. The minimum absolute atomic E-state index is 0.186. The van der Waals surface area contributed by atoms with Gasteiger partial charge in [-0.1, -0.05) is 0 Å². The molecule has 4 atom stereocenters. The largest absolute Gasteiger partial charge is 0.454 e. The molecule has 1 aliphatic rings. The van der Waals surface area contributed by atoms with Gasteiger partial charge in [-0.05, 0) is 36.4 Å². The number of hydrogen-bond donors (Lipinski definition) is 2. The molecule has 142 valence electrons. The summed E-state index contributed by atoms with van der Waals surface area (Å²) in [4.78, 5) is 8.14. The van der Waals surface area contributed by atoms with Crippen LogP contribution in [0.25, 0.3) is 11.0 Å². The van der Waals surface area contributed by atoms with Crippen LogP contribution in [0, 0.1) is 3.57 Å². The second-order valence-corrected chi connectivity index (χ2v) is 7.53. The third-order valence-corrected chi connectivity index (χ3v) is 4.89. The second-order valence-electron chi connectivity index (χ2n) is 6.03. The van der Waals surface area contributed by atoms with Gasteiger partial charge in [0.05, 0.1) is 18.1 Å². The summed E-state index contributed by atoms with van der Waals surface area (Å²) in [5, 5.41) is 10.00. The van der Waals surface area contributed by atoms with E-state index < -0.39 is 31.2 Å². The minimum Gasteiger partial charge on any atom is -0.454 e. The summed E-state index contributed by atoms with van der Waals surface area (Å²) in [6, 6.07) is 0. The van der Waals surface area contributed by atoms with Crippen LogP contribution < -0.4 is 5.73 Å². The van der Waals surface area contributed by atoms with Crippen LogP contribution in [-0.2, 0) is 14.2 Å². The summed E-state index contributed by atoms with van der Waals surface area (Å²) in [5.41, 5.74) is 6.33. The van der Waals surface area contributed by atoms with Crippen molar-refractivity contribution in [3.63, 3.8) is 0 Å². The van der Waals surface area contributed by atoms with E-state index in [1.807, 2.05) is 0 Å². The molecule has 0 spiro atoms. The van der Waals surface area contributed by atoms with Gasteiger partial charge < -0.3 is 29.6 Å². The van der Waals surface area contributed by atoms with Crippen LogP contribution in [0.5, 0.6) is 0 Å². The number of thiocarbonyl (C=S) groups is 1. The molecule has 0 bridgehead atoms. The number of alkyl halides is 1. The van der Waals surface area contributed by atoms with Crippen molar-refractivity contribution in [3.05, 3.63) is 16.1 Å². The first-order chi connectivity index (χ1) is 12.3. The van der Waals surface area contributed by atoms with Crippen LogP contribution in [0.4, 0.5) is 10.2 Å². The Bertz CT molecular complexity index is 820. The highest BCUT2D eigenvalue weighted by Crippen LogP contribution is 2.37. The smallest absolute Gasteiger partial charge is 0.352 e. The average molecular weight is 496 g/mol. The lowest BCUT2D eigenvalue weighted by molar-refractivity contribution is -0.0473. The number of hydrogen-bond acceptors (Lipinski definition) is 8. The molecule has 0 radical (unpaired) electrons. The molecule has 3 heterocycles. The number of ether oxygens (including phenoxy) is 3. The maximum atomic E-state index is 15.1. The molecule has 2 aromatic heterocycles. The summed E-state index contributed by atoms with van der Waals surface area (Å²) in [5.74, 6) is 0.296. The Kier molecular flexibility index (Phi) is 5.79. The van der Waals surface area contributed by atoms with Crippen molar-refractivity contribution < 1.29 is 23.7 Å². The van der Waals surface area contributed by atoms with Gasteiger partial charge >= 0.3 is 5.24 Å². The van der Waals surface area contributed by atoms with Crippen molar-refractivity contribution >= 4 is 56.9 Å². The highest BCUT2D eigenvalue weighted by Gasteiger charge is 2.48. The maximum absolute atomic E-state index is 15.1. The van der Waals surface area contributed by atoms with E-state index in [0.717, 1.165) is 3.57 Å². The van der Waals surface area contributed by atoms with Gasteiger partial charge in [0.15, 0.2) is 18.5 Å². The molecule has 11 heteroatoms. The quantitative estimate of drug-likeness (QED) is 0.489. The predicted molar refractivity (Wildman–Crippen MR) is 104 cm³/mol. The van der Waals surface area contributed by atoms with E-state index in [2.05, 4.69) is 32.6 Å². The lowest BCUT2D eigenvalue weighted by Gasteiger charge is -2.20. The van der Waals surface area contributed by atoms with Crippen molar-refractivity contribution in [3.8, 4) is 0 Å². The Labute approximate surface area is 168 Å². The second kappa shape index (κ2) is 7.74. The molecule has 3 rings (SSSR count). The number of nitrogens with two attached hydrogens (primary N) is 1. The average Bonchev–Trinajstić information content (AvgIpc) is 3.06. The third-order valence-electron chi connectivity index (χ3n) is 3.88. The van der Waals surface area contributed by atoms with E-state index in [4.69, 9.17) is 32.2 Å². The molecular weight excluding hydrogens is 478 g/mol. The number of rotatable bonds is 4. The van der Waals surface area contributed by atoms with E-state index in [1.54, 1.807) is 20.0 Å². The molecule has 0 unspecified atom stereocenters. The fraction of sp³-hybridized carbons (Fsp3) is 0.533. The Morgan fingerprint density at radius 1 is 1.54 bits per heavy atom. The lowest BCUT2D eigenvalue weighted by Crippen LogP contribution is -2.36. The van der Waals surface area contributed by atoms with Crippen LogP contribution >= 0.6 is 34.8 Å². The molecule has 1 fully saturated rings. The van der Waals surface area contributed by atoms with Crippen LogP contribution in [-0.4, -0.2) is 56.0 Å². The Morgan fingerprint density at radius 3 is 2.92 bits per heavy atom. The van der Waals surface area contributed by atoms with Gasteiger partial charge in [-0.25, -0.2) is 14.4 Å². The first-order valence-electron chi connectivity index (χ1n) is 7.87. The number of aromatic nitrogens is 3. The minimum atomic E-state index is -1.61. The van der Waals surface area contributed by atoms with E-state index in [1.165, 1.54) is 10.9 Å². The fourth-order valence-electron chi connectivity index (χ4n) is 2.79. The van der Waals surface area contributed by atoms with Gasteiger partial charge in [-0.2, -0.15) is 0 Å². The molecule has 0 aromatic carbocycles. The highest BCUT2D eigenvalue weighted by atomic mass is 127. The van der Waals surface area contributed by atoms with Crippen molar-refractivity contribution in [2.24, 2.45) is 0 Å². The Hall–Kier alpha value is -1.31. The molecular formula is C15H18FIN4O4S. The first-order valence-corrected chi connectivity index (χ1v) is 9.36. The monoisotopic (exact) mass is 496 g/mol. The topological polar surface area (TPSA) is 105 Å². The molecule has 26 heavy (non-hydrogen) atoms. The van der Waals surface area contributed by atoms with Gasteiger partial charge in [-0.15, -0.1) is 0 Å². The molecule has 8 nitrogen and oxygen atoms in total. The summed E-state index contributed by atoms with van der Waals surface area (Å²) >= 11 is 7.05. The van der Waals surface area contributed by atoms with Crippen molar-refractivity contribution in [1.29, 1.82) is 0 Å². The first kappa shape index (κ1) is 19.5. The Balaban J connectivity index is 1.90. The Morgan fingerprint density at radius 2 is 2.27 bits per heavy atom. The van der Waals surface area contributed by atoms with Gasteiger partial charge in [0.25, 0.3) is 0 Å². The molecule has 0 saturated carbocycles. The number of fused-ring (bicyclic) bond motifs is 1. The van der Waals surface area contributed by atoms with E-state index in [-0.39, 0.29) is 11.3 Å². The zero-order valence-corrected chi connectivity index (χ0v) is 17.0. The third kappa shape index (κ3) is 3.57. The standard InChI is InChI=1S/C15H18FIN4O4S/c1-6(2)23-15(26)25-11-8(4-22)24-14(10(11)16)21-3-7(17)9-12(18)19-5-20-13(9)21/h3,5-6,8,10-11,14,22H,4H2,1-2H3,(H2,18,19,20)/t8-,10+,11-,14-/m1/s1. The van der Waals surface area contributed by atoms with E-state index >= 15 is 4.39 Å². The number of halogens is 2. The summed E-state index contributed by atoms with van der Waals surface area (Å²) in [7, 11) is 0. The van der Waals surface area contributed by atoms with Crippen molar-refractivity contribution in [1.82, 2.24) is 14.5 Å². The number of aliphatic hydroxyl groups is 1. The molecule has 0 aliphatic carbocycles. The number of aliphatic hydroxyl groups excluding tert-OH is 1. The molecule has 1 saturated heterocycles.